The lowest BCUT2D eigenvalue weighted by atomic mass is 10.0. The Bertz CT molecular complexity index is 1640. The lowest BCUT2D eigenvalue weighted by molar-refractivity contribution is 0.102. The number of sulfonamides is 1. The van der Waals surface area contributed by atoms with Crippen molar-refractivity contribution in [1.29, 1.82) is 0 Å². The van der Waals surface area contributed by atoms with E-state index in [1.807, 2.05) is 18.2 Å². The van der Waals surface area contributed by atoms with Crippen molar-refractivity contribution in [2.75, 3.05) is 10.0 Å². The van der Waals surface area contributed by atoms with Crippen molar-refractivity contribution in [1.82, 2.24) is 4.98 Å². The van der Waals surface area contributed by atoms with Crippen molar-refractivity contribution in [2.45, 2.75) is 4.90 Å². The van der Waals surface area contributed by atoms with Gasteiger partial charge in [-0.25, -0.2) is 13.4 Å². The minimum Gasteiger partial charge on any atom is -0.298 e. The molecule has 4 aromatic carbocycles. The molecule has 6 nitrogen and oxygen atoms in total. The number of thiazole rings is 1. The Kier molecular flexibility index (Phi) is 4.72. The third kappa shape index (κ3) is 3.35. The number of carbonyl (C=O) groups excluding carboxylic acids is 1. The molecule has 5 aromatic rings. The van der Waals surface area contributed by atoms with E-state index in [0.717, 1.165) is 27.1 Å². The fourth-order valence-corrected chi connectivity index (χ4v) is 6.31. The van der Waals surface area contributed by atoms with Gasteiger partial charge in [-0.1, -0.05) is 78.1 Å². The van der Waals surface area contributed by atoms with Crippen LogP contribution in [0.4, 0.5) is 10.8 Å². The first-order valence-electron chi connectivity index (χ1n) is 10.5. The number of rotatable bonds is 5. The van der Waals surface area contributed by atoms with Crippen LogP contribution in [-0.2, 0) is 10.0 Å². The molecule has 1 aliphatic carbocycles. The second kappa shape index (κ2) is 7.79. The van der Waals surface area contributed by atoms with E-state index in [-0.39, 0.29) is 16.1 Å². The summed E-state index contributed by atoms with van der Waals surface area (Å²) in [6, 6.07) is 26.8. The number of hydrogen-bond donors (Lipinski definition) is 2. The van der Waals surface area contributed by atoms with E-state index in [1.165, 1.54) is 28.9 Å². The Morgan fingerprint density at radius 1 is 0.794 bits per heavy atom. The molecule has 34 heavy (non-hydrogen) atoms. The minimum absolute atomic E-state index is 0.120. The fourth-order valence-electron chi connectivity index (χ4n) is 4.20. The molecule has 2 N–H and O–H groups in total. The van der Waals surface area contributed by atoms with Crippen LogP contribution >= 0.6 is 11.3 Å². The summed E-state index contributed by atoms with van der Waals surface area (Å²) in [6.07, 6.45) is 0. The lowest BCUT2D eigenvalue weighted by Gasteiger charge is -2.12. The van der Waals surface area contributed by atoms with Crippen LogP contribution < -0.4 is 10.0 Å². The quantitative estimate of drug-likeness (QED) is 0.315. The van der Waals surface area contributed by atoms with Crippen LogP contribution in [0.5, 0.6) is 0 Å². The monoisotopic (exact) mass is 483 g/mol. The number of anilines is 2. The average molecular weight is 484 g/mol. The van der Waals surface area contributed by atoms with Gasteiger partial charge in [-0.3, -0.25) is 14.8 Å². The zero-order valence-corrected chi connectivity index (χ0v) is 19.3. The summed E-state index contributed by atoms with van der Waals surface area (Å²) in [5.74, 6) is -0.440. The predicted molar refractivity (Wildman–Crippen MR) is 136 cm³/mol. The predicted octanol–water partition coefficient (Wildman–Crippen LogP) is 6.00. The highest BCUT2D eigenvalue weighted by atomic mass is 32.2. The van der Waals surface area contributed by atoms with E-state index >= 15 is 0 Å². The van der Waals surface area contributed by atoms with E-state index < -0.39 is 15.9 Å². The van der Waals surface area contributed by atoms with Crippen molar-refractivity contribution in [3.63, 3.8) is 0 Å². The zero-order chi connectivity index (χ0) is 23.3. The van der Waals surface area contributed by atoms with Crippen molar-refractivity contribution in [3.05, 3.63) is 96.6 Å². The summed E-state index contributed by atoms with van der Waals surface area (Å²) >= 11 is 1.41. The van der Waals surface area contributed by atoms with Crippen LogP contribution in [0.25, 0.3) is 32.5 Å². The fraction of sp³-hybridized carbons (Fsp3) is 0. The third-order valence-corrected chi connectivity index (χ3v) is 8.11. The number of nitrogens with one attached hydrogen (secondary N) is 2. The van der Waals surface area contributed by atoms with Crippen LogP contribution in [0.2, 0.25) is 0 Å². The van der Waals surface area contributed by atoms with Crippen LogP contribution in [0.15, 0.2) is 95.9 Å². The second-order valence-corrected chi connectivity index (χ2v) is 10.5. The first kappa shape index (κ1) is 20.6. The molecule has 6 rings (SSSR count). The van der Waals surface area contributed by atoms with Crippen molar-refractivity contribution in [3.8, 4) is 21.7 Å². The molecule has 1 amide bonds. The highest BCUT2D eigenvalue weighted by Crippen LogP contribution is 2.50. The van der Waals surface area contributed by atoms with E-state index in [1.54, 1.807) is 42.5 Å². The first-order valence-corrected chi connectivity index (χ1v) is 12.8. The van der Waals surface area contributed by atoms with Gasteiger partial charge in [0, 0.05) is 11.1 Å². The number of para-hydroxylation sites is 1. The molecule has 0 fully saturated rings. The van der Waals surface area contributed by atoms with Gasteiger partial charge in [-0.05, 0) is 35.0 Å². The van der Waals surface area contributed by atoms with Crippen molar-refractivity contribution in [2.24, 2.45) is 0 Å². The summed E-state index contributed by atoms with van der Waals surface area (Å²) in [5, 5.41) is 5.65. The summed E-state index contributed by atoms with van der Waals surface area (Å²) < 4.78 is 28.1. The number of benzene rings is 4. The van der Waals surface area contributed by atoms with Gasteiger partial charge in [-0.15, -0.1) is 0 Å². The van der Waals surface area contributed by atoms with E-state index in [4.69, 9.17) is 4.98 Å². The Balaban J connectivity index is 1.30. The molecule has 1 aliphatic rings. The maximum Gasteiger partial charge on any atom is 0.261 e. The molecule has 0 bridgehead atoms. The van der Waals surface area contributed by atoms with Gasteiger partial charge in [0.05, 0.1) is 26.7 Å². The molecule has 0 unspecified atom stereocenters. The van der Waals surface area contributed by atoms with Crippen molar-refractivity contribution >= 4 is 48.9 Å². The standard InChI is InChI=1S/C26H17N3O3S2/c30-25(18-12-4-5-15-21(18)29-34(31,32)17-10-2-1-3-11-17)28-26-27-23-19-13-6-8-16-9-7-14-20(22(16)19)24(23)33-26/h1-15,29H,(H,27,28,30). The number of aromatic nitrogens is 1. The molecule has 0 spiro atoms. The smallest absolute Gasteiger partial charge is 0.261 e. The minimum atomic E-state index is -3.84. The number of carbonyl (C=O) groups is 1. The van der Waals surface area contributed by atoms with Gasteiger partial charge >= 0.3 is 0 Å². The van der Waals surface area contributed by atoms with Gasteiger partial charge < -0.3 is 0 Å². The molecule has 0 saturated carbocycles. The van der Waals surface area contributed by atoms with Crippen molar-refractivity contribution < 1.29 is 13.2 Å². The molecule has 1 aromatic heterocycles. The van der Waals surface area contributed by atoms with Gasteiger partial charge in [0.25, 0.3) is 15.9 Å². The van der Waals surface area contributed by atoms with Crippen LogP contribution in [0.1, 0.15) is 10.4 Å². The molecular weight excluding hydrogens is 466 g/mol. The molecule has 8 heteroatoms. The molecule has 166 valence electrons. The van der Waals surface area contributed by atoms with E-state index in [9.17, 15) is 13.2 Å². The zero-order valence-electron chi connectivity index (χ0n) is 17.6. The maximum atomic E-state index is 13.1. The largest absolute Gasteiger partial charge is 0.298 e. The first-order chi connectivity index (χ1) is 16.5. The highest BCUT2D eigenvalue weighted by molar-refractivity contribution is 7.92. The number of fused-ring (bicyclic) bond motifs is 3. The van der Waals surface area contributed by atoms with Crippen LogP contribution in [-0.4, -0.2) is 19.3 Å². The van der Waals surface area contributed by atoms with Gasteiger partial charge in [0.1, 0.15) is 0 Å². The number of hydrogen-bond acceptors (Lipinski definition) is 5. The highest BCUT2D eigenvalue weighted by Gasteiger charge is 2.26. The SMILES string of the molecule is O=C(Nc1nc2c(s1)-c1cccc3cccc-2c13)c1ccccc1NS(=O)(=O)c1ccccc1. The molecular formula is C26H17N3O3S2. The van der Waals surface area contributed by atoms with Crippen LogP contribution in [0, 0.1) is 0 Å². The molecule has 0 atom stereocenters. The Labute approximate surface area is 200 Å². The second-order valence-electron chi connectivity index (χ2n) is 7.82. The molecule has 1 heterocycles. The summed E-state index contributed by atoms with van der Waals surface area (Å²) in [4.78, 5) is 19.0. The summed E-state index contributed by atoms with van der Waals surface area (Å²) in [6.45, 7) is 0. The van der Waals surface area contributed by atoms with Gasteiger partial charge in [0.2, 0.25) is 0 Å². The normalized spacial score (nSPS) is 11.9. The molecule has 0 saturated heterocycles. The Hall–Kier alpha value is -4.01. The summed E-state index contributed by atoms with van der Waals surface area (Å²) in [7, 11) is -3.84. The molecule has 0 aliphatic heterocycles. The third-order valence-electron chi connectivity index (χ3n) is 5.72. The average Bonchev–Trinajstić information content (AvgIpc) is 3.39. The Morgan fingerprint density at radius 2 is 1.50 bits per heavy atom. The summed E-state index contributed by atoms with van der Waals surface area (Å²) in [5.41, 5.74) is 3.42. The lowest BCUT2D eigenvalue weighted by Crippen LogP contribution is -2.18. The number of nitrogens with zero attached hydrogens (tertiary/aromatic N) is 1. The topological polar surface area (TPSA) is 88.2 Å². The van der Waals surface area contributed by atoms with Gasteiger partial charge in [0.15, 0.2) is 5.13 Å². The van der Waals surface area contributed by atoms with E-state index in [0.29, 0.717) is 5.13 Å². The van der Waals surface area contributed by atoms with Gasteiger partial charge in [-0.2, -0.15) is 0 Å². The van der Waals surface area contributed by atoms with Crippen LogP contribution in [0.3, 0.4) is 0 Å². The number of amides is 1. The maximum absolute atomic E-state index is 13.1. The van der Waals surface area contributed by atoms with E-state index in [2.05, 4.69) is 28.2 Å². The Morgan fingerprint density at radius 3 is 2.29 bits per heavy atom. The molecule has 0 radical (unpaired) electrons.